The Bertz CT molecular complexity index is 662. The molecule has 1 heterocycles. The van der Waals surface area contributed by atoms with Gasteiger partial charge in [0.2, 0.25) is 5.91 Å². The third-order valence-corrected chi connectivity index (χ3v) is 3.23. The molecule has 2 N–H and O–H groups in total. The smallest absolute Gasteiger partial charge is 0.241 e. The van der Waals surface area contributed by atoms with Crippen molar-refractivity contribution in [2.24, 2.45) is 4.99 Å². The molecule has 0 atom stereocenters. The van der Waals surface area contributed by atoms with Crippen molar-refractivity contribution in [1.82, 2.24) is 25.3 Å². The average Bonchev–Trinajstić information content (AvgIpc) is 3.04. The molecule has 2 aromatic rings. The number of rotatable bonds is 5. The zero-order valence-corrected chi connectivity index (χ0v) is 13.7. The van der Waals surface area contributed by atoms with Crippen molar-refractivity contribution in [3.8, 4) is 5.69 Å². The zero-order valence-electron chi connectivity index (χ0n) is 13.7. The number of aromatic nitrogens is 2. The van der Waals surface area contributed by atoms with E-state index in [1.165, 1.54) is 4.90 Å². The molecule has 1 aromatic carbocycles. The van der Waals surface area contributed by atoms with Gasteiger partial charge < -0.3 is 15.5 Å². The normalized spacial score (nSPS) is 11.2. The Morgan fingerprint density at radius 1 is 1.22 bits per heavy atom. The highest BCUT2D eigenvalue weighted by Gasteiger charge is 2.06. The second-order valence-corrected chi connectivity index (χ2v) is 5.15. The summed E-state index contributed by atoms with van der Waals surface area (Å²) in [5, 5.41) is 10.6. The van der Waals surface area contributed by atoms with Gasteiger partial charge in [0.25, 0.3) is 0 Å². The van der Waals surface area contributed by atoms with Crippen molar-refractivity contribution in [2.75, 3.05) is 27.7 Å². The number of carbonyl (C=O) groups is 1. The minimum absolute atomic E-state index is 0.0127. The van der Waals surface area contributed by atoms with Crippen molar-refractivity contribution >= 4 is 11.9 Å². The molecule has 0 bridgehead atoms. The van der Waals surface area contributed by atoms with Gasteiger partial charge in [-0.05, 0) is 18.2 Å². The standard InChI is InChI=1S/C16H22N6O/c1-17-16(19-12-15(23)21(2)3)18-11-13-9-10-22(20-13)14-7-5-4-6-8-14/h4-10H,11-12H2,1-3H3,(H2,17,18,19). The molecule has 23 heavy (non-hydrogen) atoms. The molecule has 0 fully saturated rings. The quantitative estimate of drug-likeness (QED) is 0.627. The van der Waals surface area contributed by atoms with Gasteiger partial charge in [-0.25, -0.2) is 4.68 Å². The highest BCUT2D eigenvalue weighted by molar-refractivity contribution is 5.86. The fourth-order valence-electron chi connectivity index (χ4n) is 1.89. The Kier molecular flexibility index (Phi) is 5.74. The van der Waals surface area contributed by atoms with E-state index < -0.39 is 0 Å². The van der Waals surface area contributed by atoms with Gasteiger partial charge >= 0.3 is 0 Å². The van der Waals surface area contributed by atoms with Crippen LogP contribution >= 0.6 is 0 Å². The lowest BCUT2D eigenvalue weighted by molar-refractivity contribution is -0.127. The SMILES string of the molecule is CN=C(NCC(=O)N(C)C)NCc1ccn(-c2ccccc2)n1. The largest absolute Gasteiger partial charge is 0.351 e. The van der Waals surface area contributed by atoms with Gasteiger partial charge in [0.1, 0.15) is 0 Å². The molecular formula is C16H22N6O. The van der Waals surface area contributed by atoms with Crippen LogP contribution in [0.25, 0.3) is 5.69 Å². The lowest BCUT2D eigenvalue weighted by Gasteiger charge is -2.13. The first kappa shape index (κ1) is 16.5. The molecule has 0 radical (unpaired) electrons. The number of hydrogen-bond acceptors (Lipinski definition) is 3. The summed E-state index contributed by atoms with van der Waals surface area (Å²) in [6, 6.07) is 11.9. The summed E-state index contributed by atoms with van der Waals surface area (Å²) in [6.07, 6.45) is 1.91. The summed E-state index contributed by atoms with van der Waals surface area (Å²) in [5.74, 6) is 0.552. The first-order valence-electron chi connectivity index (χ1n) is 7.35. The lowest BCUT2D eigenvalue weighted by atomic mass is 10.3. The number of para-hydroxylation sites is 1. The third kappa shape index (κ3) is 4.84. The van der Waals surface area contributed by atoms with Crippen molar-refractivity contribution in [3.63, 3.8) is 0 Å². The van der Waals surface area contributed by atoms with Crippen LogP contribution in [0.3, 0.4) is 0 Å². The minimum atomic E-state index is -0.0127. The van der Waals surface area contributed by atoms with Crippen molar-refractivity contribution in [1.29, 1.82) is 0 Å². The molecule has 7 heteroatoms. The van der Waals surface area contributed by atoms with E-state index in [0.29, 0.717) is 12.5 Å². The number of amides is 1. The average molecular weight is 314 g/mol. The molecule has 1 aromatic heterocycles. The lowest BCUT2D eigenvalue weighted by Crippen LogP contribution is -2.42. The summed E-state index contributed by atoms with van der Waals surface area (Å²) < 4.78 is 1.82. The van der Waals surface area contributed by atoms with Gasteiger partial charge in [0.15, 0.2) is 5.96 Å². The number of benzene rings is 1. The van der Waals surface area contributed by atoms with Crippen LogP contribution in [-0.2, 0) is 11.3 Å². The summed E-state index contributed by atoms with van der Waals surface area (Å²) in [4.78, 5) is 17.2. The van der Waals surface area contributed by atoms with Crippen molar-refractivity contribution < 1.29 is 4.79 Å². The van der Waals surface area contributed by atoms with Crippen LogP contribution in [0.1, 0.15) is 5.69 Å². The summed E-state index contributed by atoms with van der Waals surface area (Å²) in [5.41, 5.74) is 1.90. The Morgan fingerprint density at radius 2 is 1.96 bits per heavy atom. The number of nitrogens with one attached hydrogen (secondary N) is 2. The predicted molar refractivity (Wildman–Crippen MR) is 90.5 cm³/mol. The third-order valence-electron chi connectivity index (χ3n) is 3.23. The maximum Gasteiger partial charge on any atom is 0.241 e. The highest BCUT2D eigenvalue weighted by Crippen LogP contribution is 2.06. The maximum atomic E-state index is 11.6. The van der Waals surface area contributed by atoms with E-state index in [2.05, 4.69) is 20.7 Å². The van der Waals surface area contributed by atoms with E-state index in [1.54, 1.807) is 21.1 Å². The van der Waals surface area contributed by atoms with Crippen LogP contribution in [0.5, 0.6) is 0 Å². The molecule has 0 saturated heterocycles. The molecule has 2 rings (SSSR count). The summed E-state index contributed by atoms with van der Waals surface area (Å²) >= 11 is 0. The van der Waals surface area contributed by atoms with Gasteiger partial charge in [-0.1, -0.05) is 18.2 Å². The van der Waals surface area contributed by atoms with Gasteiger partial charge in [0.05, 0.1) is 24.5 Å². The number of carbonyl (C=O) groups excluding carboxylic acids is 1. The van der Waals surface area contributed by atoms with E-state index in [1.807, 2.05) is 47.3 Å². The molecule has 1 amide bonds. The molecule has 7 nitrogen and oxygen atoms in total. The monoisotopic (exact) mass is 314 g/mol. The zero-order chi connectivity index (χ0) is 16.7. The van der Waals surface area contributed by atoms with E-state index >= 15 is 0 Å². The number of nitrogens with zero attached hydrogens (tertiary/aromatic N) is 4. The maximum absolute atomic E-state index is 11.6. The van der Waals surface area contributed by atoms with Gasteiger partial charge in [0, 0.05) is 27.3 Å². The van der Waals surface area contributed by atoms with E-state index in [0.717, 1.165) is 11.4 Å². The molecular weight excluding hydrogens is 292 g/mol. The second kappa shape index (κ2) is 7.98. The van der Waals surface area contributed by atoms with Crippen LogP contribution in [0.15, 0.2) is 47.6 Å². The molecule has 0 saturated carbocycles. The van der Waals surface area contributed by atoms with Crippen molar-refractivity contribution in [2.45, 2.75) is 6.54 Å². The predicted octanol–water partition coefficient (Wildman–Crippen LogP) is 0.626. The van der Waals surface area contributed by atoms with Gasteiger partial charge in [-0.15, -0.1) is 0 Å². The topological polar surface area (TPSA) is 74.6 Å². The first-order chi connectivity index (χ1) is 11.1. The molecule has 0 unspecified atom stereocenters. The molecule has 0 aliphatic rings. The van der Waals surface area contributed by atoms with Crippen LogP contribution < -0.4 is 10.6 Å². The number of guanidine groups is 1. The fourth-order valence-corrected chi connectivity index (χ4v) is 1.89. The highest BCUT2D eigenvalue weighted by atomic mass is 16.2. The first-order valence-corrected chi connectivity index (χ1v) is 7.35. The Balaban J connectivity index is 1.88. The molecule has 0 spiro atoms. The molecule has 0 aliphatic carbocycles. The van der Waals surface area contributed by atoms with Crippen LogP contribution in [-0.4, -0.2) is 54.2 Å². The Morgan fingerprint density at radius 3 is 2.61 bits per heavy atom. The van der Waals surface area contributed by atoms with Crippen LogP contribution in [0.4, 0.5) is 0 Å². The summed E-state index contributed by atoms with van der Waals surface area (Å²) in [6.45, 7) is 0.723. The number of aliphatic imine (C=N–C) groups is 1. The van der Waals surface area contributed by atoms with Crippen LogP contribution in [0.2, 0.25) is 0 Å². The van der Waals surface area contributed by atoms with Gasteiger partial charge in [-0.3, -0.25) is 9.79 Å². The number of likely N-dealkylation sites (N-methyl/N-ethyl adjacent to an activating group) is 1. The molecule has 0 aliphatic heterocycles. The van der Waals surface area contributed by atoms with E-state index in [9.17, 15) is 4.79 Å². The summed E-state index contributed by atoms with van der Waals surface area (Å²) in [7, 11) is 5.10. The van der Waals surface area contributed by atoms with E-state index in [-0.39, 0.29) is 12.5 Å². The minimum Gasteiger partial charge on any atom is -0.351 e. The van der Waals surface area contributed by atoms with Crippen molar-refractivity contribution in [3.05, 3.63) is 48.3 Å². The molecule has 122 valence electrons. The van der Waals surface area contributed by atoms with Crippen LogP contribution in [0, 0.1) is 0 Å². The Hall–Kier alpha value is -2.83. The van der Waals surface area contributed by atoms with E-state index in [4.69, 9.17) is 0 Å². The van der Waals surface area contributed by atoms with Gasteiger partial charge in [-0.2, -0.15) is 5.10 Å². The number of hydrogen-bond donors (Lipinski definition) is 2. The Labute approximate surface area is 136 Å². The second-order valence-electron chi connectivity index (χ2n) is 5.15. The fraction of sp³-hybridized carbons (Fsp3) is 0.312.